The number of aliphatic hydroxyl groups is 1. The maximum atomic E-state index is 13.1. The van der Waals surface area contributed by atoms with Crippen LogP contribution in [0.15, 0.2) is 30.3 Å². The molecule has 2 aromatic rings. The number of benzene rings is 2. The molecule has 0 saturated carbocycles. The Kier molecular flexibility index (Phi) is 4.66. The van der Waals surface area contributed by atoms with Crippen molar-refractivity contribution < 1.29 is 19.4 Å². The molecule has 2 aromatic carbocycles. The Hall–Kier alpha value is -1.82. The van der Waals surface area contributed by atoms with E-state index < -0.39 is 17.5 Å². The normalized spacial score (nSPS) is 18.9. The van der Waals surface area contributed by atoms with E-state index in [2.05, 4.69) is 0 Å². The third kappa shape index (κ3) is 3.32. The molecule has 0 bridgehead atoms. The van der Waals surface area contributed by atoms with Crippen LogP contribution in [0.4, 0.5) is 14.9 Å². The first-order valence-electron chi connectivity index (χ1n) is 7.69. The third-order valence-electron chi connectivity index (χ3n) is 4.49. The van der Waals surface area contributed by atoms with Crippen molar-refractivity contribution in [2.75, 3.05) is 4.90 Å². The summed E-state index contributed by atoms with van der Waals surface area (Å²) in [6.45, 7) is 1.66. The van der Waals surface area contributed by atoms with Crippen molar-refractivity contribution in [2.45, 2.75) is 31.9 Å². The van der Waals surface area contributed by atoms with Crippen LogP contribution in [0.2, 0.25) is 10.0 Å². The van der Waals surface area contributed by atoms with E-state index >= 15 is 0 Å². The number of hydrogen-bond donors (Lipinski definition) is 2. The van der Waals surface area contributed by atoms with E-state index in [1.165, 1.54) is 24.3 Å². The van der Waals surface area contributed by atoms with E-state index in [0.29, 0.717) is 29.5 Å². The average molecular weight is 384 g/mol. The fourth-order valence-electron chi connectivity index (χ4n) is 3.14. The quantitative estimate of drug-likeness (QED) is 0.786. The van der Waals surface area contributed by atoms with E-state index in [1.54, 1.807) is 13.0 Å². The Labute approximate surface area is 154 Å². The summed E-state index contributed by atoms with van der Waals surface area (Å²) in [7, 11) is 0. The number of amides is 1. The van der Waals surface area contributed by atoms with Crippen molar-refractivity contribution in [1.82, 2.24) is 0 Å². The molecule has 0 heterocycles. The zero-order valence-electron chi connectivity index (χ0n) is 13.4. The number of rotatable bonds is 3. The molecule has 1 unspecified atom stereocenters. The summed E-state index contributed by atoms with van der Waals surface area (Å²) in [6.07, 6.45) is -0.194. The molecule has 4 nitrogen and oxygen atoms in total. The largest absolute Gasteiger partial charge is 0.465 e. The van der Waals surface area contributed by atoms with Gasteiger partial charge in [0.25, 0.3) is 0 Å². The van der Waals surface area contributed by atoms with Gasteiger partial charge in [0.05, 0.1) is 27.9 Å². The Balaban J connectivity index is 2.06. The predicted molar refractivity (Wildman–Crippen MR) is 95.0 cm³/mol. The topological polar surface area (TPSA) is 60.8 Å². The number of halogens is 3. The molecular weight excluding hydrogens is 368 g/mol. The van der Waals surface area contributed by atoms with Gasteiger partial charge in [-0.3, -0.25) is 4.90 Å². The highest BCUT2D eigenvalue weighted by Crippen LogP contribution is 2.47. The lowest BCUT2D eigenvalue weighted by Crippen LogP contribution is -2.29. The van der Waals surface area contributed by atoms with Crippen LogP contribution in [0.3, 0.4) is 0 Å². The number of anilines is 1. The van der Waals surface area contributed by atoms with Crippen LogP contribution in [0, 0.1) is 5.82 Å². The van der Waals surface area contributed by atoms with E-state index in [1.807, 2.05) is 0 Å². The van der Waals surface area contributed by atoms with Crippen molar-refractivity contribution in [2.24, 2.45) is 0 Å². The molecule has 7 heteroatoms. The number of carboxylic acid groups (broad SMARTS) is 1. The summed E-state index contributed by atoms with van der Waals surface area (Å²) in [6, 6.07) is 7.11. The van der Waals surface area contributed by atoms with Gasteiger partial charge in [0.15, 0.2) is 0 Å². The molecule has 2 N–H and O–H groups in total. The van der Waals surface area contributed by atoms with Crippen LogP contribution in [0.1, 0.15) is 30.0 Å². The van der Waals surface area contributed by atoms with Crippen molar-refractivity contribution >= 4 is 35.0 Å². The molecule has 1 atom stereocenters. The predicted octanol–water partition coefficient (Wildman–Crippen LogP) is 4.97. The second kappa shape index (κ2) is 6.48. The highest BCUT2D eigenvalue weighted by atomic mass is 35.5. The van der Waals surface area contributed by atoms with Crippen LogP contribution in [-0.2, 0) is 18.6 Å². The van der Waals surface area contributed by atoms with E-state index in [-0.39, 0.29) is 22.3 Å². The molecule has 25 heavy (non-hydrogen) atoms. The van der Waals surface area contributed by atoms with Crippen molar-refractivity contribution in [3.63, 3.8) is 0 Å². The number of hydrogen-bond acceptors (Lipinski definition) is 2. The number of carbonyl (C=O) groups is 1. The first kappa shape index (κ1) is 18.0. The second-order valence-electron chi connectivity index (χ2n) is 6.32. The van der Waals surface area contributed by atoms with Gasteiger partial charge in [-0.05, 0) is 54.7 Å². The van der Waals surface area contributed by atoms with Crippen LogP contribution >= 0.6 is 23.2 Å². The van der Waals surface area contributed by atoms with Gasteiger partial charge in [-0.25, -0.2) is 9.18 Å². The summed E-state index contributed by atoms with van der Waals surface area (Å²) < 4.78 is 13.1. The highest BCUT2D eigenvalue weighted by Gasteiger charge is 2.36. The van der Waals surface area contributed by atoms with E-state index in [4.69, 9.17) is 23.2 Å². The van der Waals surface area contributed by atoms with Crippen molar-refractivity contribution in [1.29, 1.82) is 0 Å². The van der Waals surface area contributed by atoms with Gasteiger partial charge in [-0.15, -0.1) is 0 Å². The second-order valence-corrected chi connectivity index (χ2v) is 7.10. The molecule has 132 valence electrons. The van der Waals surface area contributed by atoms with Crippen molar-refractivity contribution in [3.05, 3.63) is 62.9 Å². The standard InChI is InChI=1S/C18H16Cl2FNO3/c1-18(25)7-6-12-13(18)8-14(19)16(15(12)20)22(17(23)24)9-10-2-4-11(21)5-3-10/h2-5,8,25H,6-7,9H2,1H3,(H,23,24). The van der Waals surface area contributed by atoms with Gasteiger partial charge in [0.2, 0.25) is 0 Å². The van der Waals surface area contributed by atoms with Crippen LogP contribution in [0.25, 0.3) is 0 Å². The zero-order chi connectivity index (χ0) is 18.4. The summed E-state index contributed by atoms with van der Waals surface area (Å²) in [5.74, 6) is -0.401. The Bertz CT molecular complexity index is 837. The fraction of sp³-hybridized carbons (Fsp3) is 0.278. The minimum atomic E-state index is -1.22. The Morgan fingerprint density at radius 2 is 1.96 bits per heavy atom. The van der Waals surface area contributed by atoms with Gasteiger partial charge >= 0.3 is 6.09 Å². The lowest BCUT2D eigenvalue weighted by molar-refractivity contribution is 0.0595. The molecule has 0 radical (unpaired) electrons. The van der Waals surface area contributed by atoms with Crippen LogP contribution in [0.5, 0.6) is 0 Å². The maximum Gasteiger partial charge on any atom is 0.412 e. The van der Waals surface area contributed by atoms with Gasteiger partial charge < -0.3 is 10.2 Å². The lowest BCUT2D eigenvalue weighted by atomic mass is 9.98. The molecule has 0 aromatic heterocycles. The summed E-state index contributed by atoms with van der Waals surface area (Å²) in [5.41, 5.74) is 1.07. The monoisotopic (exact) mass is 383 g/mol. The van der Waals surface area contributed by atoms with Crippen LogP contribution in [-0.4, -0.2) is 16.3 Å². The van der Waals surface area contributed by atoms with E-state index in [0.717, 1.165) is 4.90 Å². The number of fused-ring (bicyclic) bond motifs is 1. The third-order valence-corrected chi connectivity index (χ3v) is 5.19. The number of nitrogens with zero attached hydrogens (tertiary/aromatic N) is 1. The van der Waals surface area contributed by atoms with Crippen molar-refractivity contribution in [3.8, 4) is 0 Å². The van der Waals surface area contributed by atoms with E-state index in [9.17, 15) is 19.4 Å². The molecule has 0 spiro atoms. The first-order valence-corrected chi connectivity index (χ1v) is 8.45. The Morgan fingerprint density at radius 1 is 1.32 bits per heavy atom. The van der Waals surface area contributed by atoms with Gasteiger partial charge in [0, 0.05) is 0 Å². The minimum Gasteiger partial charge on any atom is -0.465 e. The zero-order valence-corrected chi connectivity index (χ0v) is 14.9. The SMILES string of the molecule is CC1(O)CCc2c1cc(Cl)c(N(Cc1ccc(F)cc1)C(=O)O)c2Cl. The molecule has 1 amide bonds. The molecule has 0 saturated heterocycles. The smallest absolute Gasteiger partial charge is 0.412 e. The molecule has 3 rings (SSSR count). The van der Waals surface area contributed by atoms with Gasteiger partial charge in [-0.1, -0.05) is 35.3 Å². The summed E-state index contributed by atoms with van der Waals surface area (Å²) in [4.78, 5) is 12.8. The molecule has 0 aliphatic heterocycles. The lowest BCUT2D eigenvalue weighted by Gasteiger charge is -2.25. The molecule has 1 aliphatic carbocycles. The first-order chi connectivity index (χ1) is 11.7. The van der Waals surface area contributed by atoms with Gasteiger partial charge in [-0.2, -0.15) is 0 Å². The van der Waals surface area contributed by atoms with Crippen LogP contribution < -0.4 is 4.90 Å². The molecule has 1 aliphatic rings. The van der Waals surface area contributed by atoms with Gasteiger partial charge in [0.1, 0.15) is 5.82 Å². The fourth-order valence-corrected chi connectivity index (χ4v) is 3.89. The summed E-state index contributed by atoms with van der Waals surface area (Å²) in [5, 5.41) is 20.4. The Morgan fingerprint density at radius 3 is 2.56 bits per heavy atom. The highest BCUT2D eigenvalue weighted by molar-refractivity contribution is 6.40. The summed E-state index contributed by atoms with van der Waals surface area (Å²) >= 11 is 12.8. The molecule has 0 fully saturated rings. The minimum absolute atomic E-state index is 0.0236. The maximum absolute atomic E-state index is 13.1. The molecular formula is C18H16Cl2FNO3. The average Bonchev–Trinajstić information content (AvgIpc) is 2.83.